The van der Waals surface area contributed by atoms with Crippen molar-refractivity contribution in [3.8, 4) is 5.75 Å². The molecule has 1 heterocycles. The van der Waals surface area contributed by atoms with Crippen LogP contribution >= 0.6 is 11.3 Å². The van der Waals surface area contributed by atoms with Gasteiger partial charge in [-0.3, -0.25) is 0 Å². The van der Waals surface area contributed by atoms with E-state index in [1.54, 1.807) is 11.3 Å². The van der Waals surface area contributed by atoms with Crippen molar-refractivity contribution in [3.05, 3.63) is 52.2 Å². The normalized spacial score (nSPS) is 12.3. The van der Waals surface area contributed by atoms with E-state index in [9.17, 15) is 0 Å². The Kier molecular flexibility index (Phi) is 5.43. The van der Waals surface area contributed by atoms with Crippen LogP contribution in [0.4, 0.5) is 0 Å². The smallest absolute Gasteiger partial charge is 0.119 e. The molecule has 0 spiro atoms. The highest BCUT2D eigenvalue weighted by Gasteiger charge is 2.14. The minimum absolute atomic E-state index is 0.264. The molecule has 0 fully saturated rings. The van der Waals surface area contributed by atoms with Crippen molar-refractivity contribution < 1.29 is 4.74 Å². The molecule has 0 aliphatic rings. The average Bonchev–Trinajstić information content (AvgIpc) is 2.94. The lowest BCUT2D eigenvalue weighted by atomic mass is 10.0. The molecular formula is C16H21NOS. The Morgan fingerprint density at radius 3 is 2.79 bits per heavy atom. The van der Waals surface area contributed by atoms with Crippen molar-refractivity contribution in [3.63, 3.8) is 0 Å². The van der Waals surface area contributed by atoms with Crippen molar-refractivity contribution in [2.75, 3.05) is 13.2 Å². The first-order chi connectivity index (χ1) is 9.35. The molecule has 1 N–H and O–H groups in total. The molecule has 0 bridgehead atoms. The first-order valence-corrected chi connectivity index (χ1v) is 7.72. The first-order valence-electron chi connectivity index (χ1n) is 6.84. The van der Waals surface area contributed by atoms with Crippen LogP contribution in [0.2, 0.25) is 0 Å². The van der Waals surface area contributed by atoms with Crippen LogP contribution in [-0.4, -0.2) is 13.2 Å². The molecule has 0 amide bonds. The predicted molar refractivity (Wildman–Crippen MR) is 82.1 cm³/mol. The van der Waals surface area contributed by atoms with Crippen molar-refractivity contribution in [1.82, 2.24) is 5.32 Å². The zero-order valence-corrected chi connectivity index (χ0v) is 12.4. The van der Waals surface area contributed by atoms with Gasteiger partial charge in [0.25, 0.3) is 0 Å². The van der Waals surface area contributed by atoms with Gasteiger partial charge in [0.2, 0.25) is 0 Å². The molecule has 19 heavy (non-hydrogen) atoms. The summed E-state index contributed by atoms with van der Waals surface area (Å²) < 4.78 is 5.59. The van der Waals surface area contributed by atoms with Crippen LogP contribution in [0, 0.1) is 0 Å². The summed E-state index contributed by atoms with van der Waals surface area (Å²) in [6, 6.07) is 12.9. The van der Waals surface area contributed by atoms with Gasteiger partial charge in [0, 0.05) is 4.88 Å². The van der Waals surface area contributed by atoms with Crippen molar-refractivity contribution in [1.29, 1.82) is 0 Å². The van der Waals surface area contributed by atoms with Gasteiger partial charge in [0.1, 0.15) is 5.75 Å². The van der Waals surface area contributed by atoms with Gasteiger partial charge in [0.15, 0.2) is 0 Å². The second-order valence-corrected chi connectivity index (χ2v) is 5.39. The molecule has 0 radical (unpaired) electrons. The van der Waals surface area contributed by atoms with Gasteiger partial charge in [-0.25, -0.2) is 0 Å². The molecule has 102 valence electrons. The maximum Gasteiger partial charge on any atom is 0.119 e. The first kappa shape index (κ1) is 14.1. The van der Waals surface area contributed by atoms with E-state index in [-0.39, 0.29) is 6.04 Å². The third-order valence-electron chi connectivity index (χ3n) is 2.93. The van der Waals surface area contributed by atoms with Gasteiger partial charge in [-0.05, 0) is 49.0 Å². The summed E-state index contributed by atoms with van der Waals surface area (Å²) in [5, 5.41) is 5.74. The molecule has 2 aromatic rings. The fourth-order valence-corrected chi connectivity index (χ4v) is 2.90. The van der Waals surface area contributed by atoms with Crippen LogP contribution in [-0.2, 0) is 0 Å². The van der Waals surface area contributed by atoms with Gasteiger partial charge < -0.3 is 10.1 Å². The molecule has 1 aromatic carbocycles. The third-order valence-corrected chi connectivity index (χ3v) is 3.87. The van der Waals surface area contributed by atoms with E-state index in [2.05, 4.69) is 48.0 Å². The van der Waals surface area contributed by atoms with Gasteiger partial charge in [-0.1, -0.05) is 25.1 Å². The highest BCUT2D eigenvalue weighted by atomic mass is 32.1. The average molecular weight is 275 g/mol. The number of nitrogens with one attached hydrogen (secondary N) is 1. The molecule has 0 aliphatic carbocycles. The second kappa shape index (κ2) is 7.31. The van der Waals surface area contributed by atoms with E-state index in [1.807, 2.05) is 13.0 Å². The number of hydrogen-bond acceptors (Lipinski definition) is 3. The molecule has 2 nitrogen and oxygen atoms in total. The predicted octanol–water partition coefficient (Wildman–Crippen LogP) is 4.24. The van der Waals surface area contributed by atoms with Crippen molar-refractivity contribution >= 4 is 11.3 Å². The van der Waals surface area contributed by atoms with Crippen molar-refractivity contribution in [2.45, 2.75) is 26.3 Å². The van der Waals surface area contributed by atoms with Gasteiger partial charge in [0.05, 0.1) is 12.6 Å². The summed E-state index contributed by atoms with van der Waals surface area (Å²) in [5.41, 5.74) is 1.27. The monoisotopic (exact) mass is 275 g/mol. The lowest BCUT2D eigenvalue weighted by Crippen LogP contribution is -2.22. The summed E-state index contributed by atoms with van der Waals surface area (Å²) in [4.78, 5) is 1.35. The molecule has 1 atom stereocenters. The topological polar surface area (TPSA) is 21.3 Å². The lowest BCUT2D eigenvalue weighted by molar-refractivity contribution is 0.339. The largest absolute Gasteiger partial charge is 0.494 e. The number of thiophene rings is 1. The van der Waals surface area contributed by atoms with Crippen LogP contribution in [0.25, 0.3) is 0 Å². The summed E-state index contributed by atoms with van der Waals surface area (Å²) in [5.74, 6) is 0.944. The maximum absolute atomic E-state index is 5.59. The zero-order chi connectivity index (χ0) is 13.5. The van der Waals surface area contributed by atoms with Crippen molar-refractivity contribution in [2.24, 2.45) is 0 Å². The Morgan fingerprint density at radius 2 is 2.11 bits per heavy atom. The summed E-state index contributed by atoms with van der Waals surface area (Å²) in [6.07, 6.45) is 1.13. The summed E-state index contributed by atoms with van der Waals surface area (Å²) in [6.45, 7) is 5.92. The minimum Gasteiger partial charge on any atom is -0.494 e. The molecule has 2 rings (SSSR count). The SMILES string of the molecule is CCCNC(c1cccc(OCC)c1)c1cccs1. The van der Waals surface area contributed by atoms with E-state index < -0.39 is 0 Å². The van der Waals surface area contributed by atoms with E-state index in [0.717, 1.165) is 18.7 Å². The Morgan fingerprint density at radius 1 is 1.21 bits per heavy atom. The maximum atomic E-state index is 5.59. The number of ether oxygens (including phenoxy) is 1. The Hall–Kier alpha value is -1.32. The molecule has 1 unspecified atom stereocenters. The quantitative estimate of drug-likeness (QED) is 0.816. The van der Waals surface area contributed by atoms with Crippen LogP contribution < -0.4 is 10.1 Å². The Labute approximate surface area is 119 Å². The van der Waals surface area contributed by atoms with Crippen LogP contribution in [0.1, 0.15) is 36.8 Å². The second-order valence-electron chi connectivity index (χ2n) is 4.41. The fraction of sp³-hybridized carbons (Fsp3) is 0.375. The molecule has 0 saturated carbocycles. The number of hydrogen-bond donors (Lipinski definition) is 1. The lowest BCUT2D eigenvalue weighted by Gasteiger charge is -2.18. The van der Waals surface area contributed by atoms with Gasteiger partial charge in [-0.2, -0.15) is 0 Å². The Balaban J connectivity index is 2.24. The van der Waals surface area contributed by atoms with E-state index in [1.165, 1.54) is 10.4 Å². The molecule has 0 aliphatic heterocycles. The summed E-state index contributed by atoms with van der Waals surface area (Å²) in [7, 11) is 0. The van der Waals surface area contributed by atoms with E-state index in [4.69, 9.17) is 4.74 Å². The molecular weight excluding hydrogens is 254 g/mol. The van der Waals surface area contributed by atoms with Crippen LogP contribution in [0.3, 0.4) is 0 Å². The number of rotatable bonds is 7. The highest BCUT2D eigenvalue weighted by Crippen LogP contribution is 2.28. The van der Waals surface area contributed by atoms with E-state index in [0.29, 0.717) is 6.61 Å². The molecule has 0 saturated heterocycles. The third kappa shape index (κ3) is 3.82. The fourth-order valence-electron chi connectivity index (χ4n) is 2.08. The molecule has 1 aromatic heterocycles. The zero-order valence-electron chi connectivity index (χ0n) is 11.6. The minimum atomic E-state index is 0.264. The van der Waals surface area contributed by atoms with E-state index >= 15 is 0 Å². The summed E-state index contributed by atoms with van der Waals surface area (Å²) >= 11 is 1.79. The van der Waals surface area contributed by atoms with Gasteiger partial charge in [-0.15, -0.1) is 11.3 Å². The van der Waals surface area contributed by atoms with Crippen LogP contribution in [0.5, 0.6) is 5.75 Å². The highest BCUT2D eigenvalue weighted by molar-refractivity contribution is 7.10. The van der Waals surface area contributed by atoms with Crippen LogP contribution in [0.15, 0.2) is 41.8 Å². The number of benzene rings is 1. The standard InChI is InChI=1S/C16H21NOS/c1-3-10-17-16(15-9-6-11-19-15)13-7-5-8-14(12-13)18-4-2/h5-9,11-12,16-17H,3-4,10H2,1-2H3. The van der Waals surface area contributed by atoms with Gasteiger partial charge >= 0.3 is 0 Å². The molecule has 3 heteroatoms. The Bertz CT molecular complexity index is 481.